The van der Waals surface area contributed by atoms with E-state index in [0.29, 0.717) is 0 Å². The Morgan fingerprint density at radius 1 is 1.04 bits per heavy atom. The van der Waals surface area contributed by atoms with Gasteiger partial charge in [-0.1, -0.05) is 13.8 Å². The molecule has 0 aliphatic rings. The Balaban J connectivity index is 4.35. The van der Waals surface area contributed by atoms with Crippen molar-refractivity contribution < 1.29 is 29.0 Å². The summed E-state index contributed by atoms with van der Waals surface area (Å²) in [5.41, 5.74) is -0.692. The average Bonchev–Trinajstić information content (AvgIpc) is 2.38. The normalized spacial score (nSPS) is 13.6. The summed E-state index contributed by atoms with van der Waals surface area (Å²) in [7, 11) is 0. The second kappa shape index (κ2) is 9.09. The molecule has 0 aliphatic carbocycles. The van der Waals surface area contributed by atoms with Crippen LogP contribution in [0.5, 0.6) is 0 Å². The van der Waals surface area contributed by atoms with Crippen molar-refractivity contribution in [2.45, 2.75) is 59.2 Å². The minimum Gasteiger partial charge on any atom is -0.480 e. The molecule has 0 aromatic rings. The molecule has 0 saturated carbocycles. The van der Waals surface area contributed by atoms with E-state index in [1.165, 1.54) is 6.92 Å². The van der Waals surface area contributed by atoms with Crippen LogP contribution in [0.15, 0.2) is 0 Å². The topological polar surface area (TPSA) is 134 Å². The Morgan fingerprint density at radius 2 is 1.58 bits per heavy atom. The Kier molecular flexibility index (Phi) is 8.21. The third-order valence-electron chi connectivity index (χ3n) is 2.80. The standard InChI is InChI=1S/C15H27N3O6/c1-8(2)11(13(21)22)18-10(19)7-16-12(20)9(3)17-14(23)24-15(4,5)6/h8-9,11H,7H2,1-6H3,(H,16,20)(H,17,23)(H,18,19)(H,21,22)/t9-,11-/m0/s1. The SMILES string of the molecule is CC(C)[C@H](NC(=O)CNC(=O)[C@H](C)NC(=O)OC(C)(C)C)C(=O)O. The van der Waals surface area contributed by atoms with Gasteiger partial charge in [-0.05, 0) is 33.6 Å². The van der Waals surface area contributed by atoms with Crippen LogP contribution in [0.2, 0.25) is 0 Å². The van der Waals surface area contributed by atoms with Crippen molar-refractivity contribution in [1.29, 1.82) is 0 Å². The molecule has 0 aliphatic heterocycles. The Hall–Kier alpha value is -2.32. The number of aliphatic carboxylic acids is 1. The number of hydrogen-bond acceptors (Lipinski definition) is 5. The fourth-order valence-electron chi connectivity index (χ4n) is 1.61. The van der Waals surface area contributed by atoms with Crippen molar-refractivity contribution in [1.82, 2.24) is 16.0 Å². The molecule has 0 bridgehead atoms. The second-order valence-electron chi connectivity index (χ2n) is 6.71. The van der Waals surface area contributed by atoms with Crippen molar-refractivity contribution in [3.05, 3.63) is 0 Å². The number of carboxylic acids is 1. The zero-order valence-electron chi connectivity index (χ0n) is 14.9. The molecule has 0 heterocycles. The highest BCUT2D eigenvalue weighted by atomic mass is 16.6. The van der Waals surface area contributed by atoms with E-state index in [1.807, 2.05) is 0 Å². The van der Waals surface area contributed by atoms with Gasteiger partial charge in [0.1, 0.15) is 17.7 Å². The molecule has 24 heavy (non-hydrogen) atoms. The summed E-state index contributed by atoms with van der Waals surface area (Å²) in [6.07, 6.45) is -0.750. The molecule has 0 radical (unpaired) electrons. The first-order valence-corrected chi connectivity index (χ1v) is 7.63. The monoisotopic (exact) mass is 345 g/mol. The Morgan fingerprint density at radius 3 is 2.00 bits per heavy atom. The minimum atomic E-state index is -1.15. The van der Waals surface area contributed by atoms with Gasteiger partial charge in [-0.15, -0.1) is 0 Å². The van der Waals surface area contributed by atoms with Crippen molar-refractivity contribution in [2.24, 2.45) is 5.92 Å². The second-order valence-corrected chi connectivity index (χ2v) is 6.71. The van der Waals surface area contributed by atoms with Crippen molar-refractivity contribution in [3.63, 3.8) is 0 Å². The van der Waals surface area contributed by atoms with Gasteiger partial charge >= 0.3 is 12.1 Å². The summed E-state index contributed by atoms with van der Waals surface area (Å²) in [6.45, 7) is 9.43. The van der Waals surface area contributed by atoms with Crippen LogP contribution in [-0.2, 0) is 19.1 Å². The maximum atomic E-state index is 11.8. The molecular formula is C15H27N3O6. The molecule has 0 fully saturated rings. The van der Waals surface area contributed by atoms with Crippen LogP contribution in [0.1, 0.15) is 41.5 Å². The highest BCUT2D eigenvalue weighted by molar-refractivity contribution is 5.90. The van der Waals surface area contributed by atoms with E-state index in [4.69, 9.17) is 9.84 Å². The van der Waals surface area contributed by atoms with Crippen LogP contribution in [-0.4, -0.2) is 53.2 Å². The molecular weight excluding hydrogens is 318 g/mol. The molecule has 0 spiro atoms. The summed E-state index contributed by atoms with van der Waals surface area (Å²) in [6, 6.07) is -1.94. The number of carbonyl (C=O) groups excluding carboxylic acids is 3. The van der Waals surface area contributed by atoms with Crippen LogP contribution in [0.25, 0.3) is 0 Å². The van der Waals surface area contributed by atoms with Gasteiger partial charge in [0.2, 0.25) is 11.8 Å². The van der Waals surface area contributed by atoms with Crippen LogP contribution >= 0.6 is 0 Å². The van der Waals surface area contributed by atoms with Crippen LogP contribution in [0.3, 0.4) is 0 Å². The Labute approximate surface area is 141 Å². The number of alkyl carbamates (subject to hydrolysis) is 1. The predicted molar refractivity (Wildman–Crippen MR) is 86.2 cm³/mol. The van der Waals surface area contributed by atoms with Crippen molar-refractivity contribution in [3.8, 4) is 0 Å². The molecule has 2 atom stereocenters. The Bertz CT molecular complexity index is 484. The summed E-state index contributed by atoms with van der Waals surface area (Å²) >= 11 is 0. The lowest BCUT2D eigenvalue weighted by molar-refractivity contribution is -0.143. The van der Waals surface area contributed by atoms with E-state index in [0.717, 1.165) is 0 Å². The lowest BCUT2D eigenvalue weighted by Gasteiger charge is -2.22. The maximum Gasteiger partial charge on any atom is 0.408 e. The minimum absolute atomic E-state index is 0.296. The van der Waals surface area contributed by atoms with Crippen LogP contribution in [0.4, 0.5) is 4.79 Å². The summed E-state index contributed by atoms with van der Waals surface area (Å²) in [5, 5.41) is 16.0. The van der Waals surface area contributed by atoms with E-state index >= 15 is 0 Å². The number of nitrogens with one attached hydrogen (secondary N) is 3. The molecule has 3 amide bonds. The predicted octanol–water partition coefficient (Wildman–Crippen LogP) is 0.241. The third-order valence-corrected chi connectivity index (χ3v) is 2.80. The molecule has 9 heteroatoms. The van der Waals surface area contributed by atoms with Gasteiger partial charge < -0.3 is 25.8 Å². The lowest BCUT2D eigenvalue weighted by atomic mass is 10.1. The molecule has 4 N–H and O–H groups in total. The van der Waals surface area contributed by atoms with Crippen LogP contribution < -0.4 is 16.0 Å². The number of rotatable bonds is 7. The molecule has 0 unspecified atom stereocenters. The van der Waals surface area contributed by atoms with Gasteiger partial charge in [0, 0.05) is 0 Å². The number of ether oxygens (including phenoxy) is 1. The first-order valence-electron chi connectivity index (χ1n) is 7.63. The quantitative estimate of drug-likeness (QED) is 0.522. The average molecular weight is 345 g/mol. The molecule has 138 valence electrons. The highest BCUT2D eigenvalue weighted by Crippen LogP contribution is 2.06. The largest absolute Gasteiger partial charge is 0.480 e. The number of carboxylic acid groups (broad SMARTS) is 1. The lowest BCUT2D eigenvalue weighted by Crippen LogP contribution is -2.51. The molecule has 0 saturated heterocycles. The van der Waals surface area contributed by atoms with Crippen molar-refractivity contribution >= 4 is 23.9 Å². The van der Waals surface area contributed by atoms with Gasteiger partial charge in [-0.2, -0.15) is 0 Å². The summed E-state index contributed by atoms with van der Waals surface area (Å²) in [5.74, 6) is -2.67. The summed E-state index contributed by atoms with van der Waals surface area (Å²) in [4.78, 5) is 46.1. The zero-order chi connectivity index (χ0) is 19.1. The zero-order valence-corrected chi connectivity index (χ0v) is 14.9. The smallest absolute Gasteiger partial charge is 0.408 e. The number of carbonyl (C=O) groups is 4. The van der Waals surface area contributed by atoms with Gasteiger partial charge in [-0.25, -0.2) is 9.59 Å². The molecule has 9 nitrogen and oxygen atoms in total. The maximum absolute atomic E-state index is 11.8. The van der Waals surface area contributed by atoms with Gasteiger partial charge in [-0.3, -0.25) is 9.59 Å². The first kappa shape index (κ1) is 21.7. The van der Waals surface area contributed by atoms with E-state index in [2.05, 4.69) is 16.0 Å². The molecule has 0 aromatic heterocycles. The molecule has 0 rings (SSSR count). The van der Waals surface area contributed by atoms with Crippen LogP contribution in [0, 0.1) is 5.92 Å². The van der Waals surface area contributed by atoms with Gasteiger partial charge in [0.05, 0.1) is 6.54 Å². The van der Waals surface area contributed by atoms with Gasteiger partial charge in [0.15, 0.2) is 0 Å². The van der Waals surface area contributed by atoms with E-state index in [9.17, 15) is 19.2 Å². The third kappa shape index (κ3) is 8.96. The van der Waals surface area contributed by atoms with E-state index in [1.54, 1.807) is 34.6 Å². The molecule has 0 aromatic carbocycles. The summed E-state index contributed by atoms with van der Waals surface area (Å²) < 4.78 is 5.01. The highest BCUT2D eigenvalue weighted by Gasteiger charge is 2.24. The first-order chi connectivity index (χ1) is 10.8. The fraction of sp³-hybridized carbons (Fsp3) is 0.733. The van der Waals surface area contributed by atoms with Gasteiger partial charge in [0.25, 0.3) is 0 Å². The number of hydrogen-bond donors (Lipinski definition) is 4. The van der Waals surface area contributed by atoms with E-state index in [-0.39, 0.29) is 5.92 Å². The number of amides is 3. The fourth-order valence-corrected chi connectivity index (χ4v) is 1.61. The van der Waals surface area contributed by atoms with E-state index < -0.39 is 48.1 Å². The van der Waals surface area contributed by atoms with Crippen molar-refractivity contribution in [2.75, 3.05) is 6.54 Å².